The van der Waals surface area contributed by atoms with Crippen molar-refractivity contribution in [1.82, 2.24) is 9.55 Å². The Morgan fingerprint density at radius 1 is 1.12 bits per heavy atom. The Morgan fingerprint density at radius 3 is 2.65 bits per heavy atom. The molecule has 0 saturated heterocycles. The van der Waals surface area contributed by atoms with Gasteiger partial charge < -0.3 is 4.74 Å². The first-order valence-electron chi connectivity index (χ1n) is 9.88. The van der Waals surface area contributed by atoms with E-state index in [1.165, 1.54) is 32.1 Å². The van der Waals surface area contributed by atoms with Crippen molar-refractivity contribution in [2.24, 2.45) is 5.92 Å². The van der Waals surface area contributed by atoms with Crippen molar-refractivity contribution in [1.29, 1.82) is 0 Å². The molecule has 5 heteroatoms. The first-order chi connectivity index (χ1) is 12.7. The Balaban J connectivity index is 1.44. The van der Waals surface area contributed by atoms with E-state index in [1.54, 1.807) is 4.57 Å². The van der Waals surface area contributed by atoms with Crippen molar-refractivity contribution in [3.8, 4) is 0 Å². The molecule has 0 spiro atoms. The molecule has 0 bridgehead atoms. The summed E-state index contributed by atoms with van der Waals surface area (Å²) in [4.78, 5) is 29.7. The van der Waals surface area contributed by atoms with Crippen LogP contribution in [0.4, 0.5) is 0 Å². The van der Waals surface area contributed by atoms with Crippen molar-refractivity contribution in [3.05, 3.63) is 40.4 Å². The molecular weight excluding hydrogens is 328 g/mol. The van der Waals surface area contributed by atoms with E-state index in [2.05, 4.69) is 4.98 Å². The molecule has 2 saturated carbocycles. The van der Waals surface area contributed by atoms with Gasteiger partial charge in [0.25, 0.3) is 5.56 Å². The number of nitrogens with zero attached hydrogens (tertiary/aromatic N) is 2. The minimum Gasteiger partial charge on any atom is -0.465 e. The summed E-state index contributed by atoms with van der Waals surface area (Å²) in [6.45, 7) is 0.541. The number of benzene rings is 1. The summed E-state index contributed by atoms with van der Waals surface area (Å²) in [5.41, 5.74) is 0.726. The van der Waals surface area contributed by atoms with Crippen LogP contribution < -0.4 is 5.56 Å². The zero-order valence-electron chi connectivity index (χ0n) is 15.2. The maximum absolute atomic E-state index is 12.8. The summed E-state index contributed by atoms with van der Waals surface area (Å²) in [7, 11) is 0. The molecule has 2 fully saturated rings. The van der Waals surface area contributed by atoms with Crippen LogP contribution in [0.3, 0.4) is 0 Å². The first kappa shape index (κ1) is 17.3. The van der Waals surface area contributed by atoms with Crippen molar-refractivity contribution < 1.29 is 9.53 Å². The van der Waals surface area contributed by atoms with E-state index >= 15 is 0 Å². The number of esters is 1. The lowest BCUT2D eigenvalue weighted by molar-refractivity contribution is -0.145. The fourth-order valence-electron chi connectivity index (χ4n) is 3.93. The van der Waals surface area contributed by atoms with Crippen LogP contribution in [0.5, 0.6) is 0 Å². The van der Waals surface area contributed by atoms with E-state index in [1.807, 2.05) is 24.3 Å². The quantitative estimate of drug-likeness (QED) is 0.741. The number of aryl methyl sites for hydroxylation is 1. The fraction of sp³-hybridized carbons (Fsp3) is 0.571. The van der Waals surface area contributed by atoms with Gasteiger partial charge in [-0.25, -0.2) is 4.98 Å². The normalized spacial score (nSPS) is 18.2. The van der Waals surface area contributed by atoms with Gasteiger partial charge in [-0.05, 0) is 43.7 Å². The van der Waals surface area contributed by atoms with Gasteiger partial charge >= 0.3 is 5.97 Å². The molecule has 4 rings (SSSR count). The first-order valence-corrected chi connectivity index (χ1v) is 9.88. The second-order valence-corrected chi connectivity index (χ2v) is 7.64. The Morgan fingerprint density at radius 2 is 1.88 bits per heavy atom. The van der Waals surface area contributed by atoms with Gasteiger partial charge in [0.05, 0.1) is 23.9 Å². The Labute approximate surface area is 153 Å². The van der Waals surface area contributed by atoms with Gasteiger partial charge in [-0.1, -0.05) is 31.4 Å². The number of rotatable bonds is 6. The zero-order chi connectivity index (χ0) is 17.9. The van der Waals surface area contributed by atoms with E-state index in [0.29, 0.717) is 35.7 Å². The molecule has 0 N–H and O–H groups in total. The second-order valence-electron chi connectivity index (χ2n) is 7.64. The zero-order valence-corrected chi connectivity index (χ0v) is 15.2. The summed E-state index contributed by atoms with van der Waals surface area (Å²) in [6.07, 6.45) is 8.90. The third-order valence-corrected chi connectivity index (χ3v) is 5.55. The van der Waals surface area contributed by atoms with Gasteiger partial charge in [0.2, 0.25) is 0 Å². The van der Waals surface area contributed by atoms with E-state index in [-0.39, 0.29) is 24.0 Å². The standard InChI is InChI=1S/C21H26N2O3/c24-20(26-14-15-6-2-1-3-7-15)13-12-19-22-18-9-5-4-8-17(18)21(25)23(19)16-10-11-16/h4-5,8-9,15-16H,1-3,6-7,10-14H2. The lowest BCUT2D eigenvalue weighted by atomic mass is 9.90. The van der Waals surface area contributed by atoms with E-state index in [4.69, 9.17) is 4.74 Å². The highest BCUT2D eigenvalue weighted by Gasteiger charge is 2.28. The third-order valence-electron chi connectivity index (χ3n) is 5.55. The van der Waals surface area contributed by atoms with Crippen LogP contribution in [0.2, 0.25) is 0 Å². The predicted octanol–water partition coefficient (Wildman–Crippen LogP) is 3.79. The summed E-state index contributed by atoms with van der Waals surface area (Å²) in [6, 6.07) is 7.68. The van der Waals surface area contributed by atoms with Crippen LogP contribution in [-0.4, -0.2) is 22.1 Å². The maximum Gasteiger partial charge on any atom is 0.306 e. The van der Waals surface area contributed by atoms with Gasteiger partial charge in [-0.15, -0.1) is 0 Å². The van der Waals surface area contributed by atoms with Gasteiger partial charge in [0.15, 0.2) is 0 Å². The SMILES string of the molecule is O=C(CCc1nc2ccccc2c(=O)n1C1CC1)OCC1CCCCC1. The monoisotopic (exact) mass is 354 g/mol. The molecule has 2 aliphatic rings. The molecule has 1 aromatic heterocycles. The Hall–Kier alpha value is -2.17. The van der Waals surface area contributed by atoms with Crippen molar-refractivity contribution in [2.45, 2.75) is 63.8 Å². The van der Waals surface area contributed by atoms with E-state index in [0.717, 1.165) is 12.8 Å². The van der Waals surface area contributed by atoms with Crippen LogP contribution >= 0.6 is 0 Å². The number of aromatic nitrogens is 2. The summed E-state index contributed by atoms with van der Waals surface area (Å²) < 4.78 is 7.29. The van der Waals surface area contributed by atoms with Crippen molar-refractivity contribution in [2.75, 3.05) is 6.61 Å². The van der Waals surface area contributed by atoms with Crippen molar-refractivity contribution >= 4 is 16.9 Å². The minimum absolute atomic E-state index is 0.0173. The Kier molecular flexibility index (Phi) is 5.05. The highest BCUT2D eigenvalue weighted by atomic mass is 16.5. The highest BCUT2D eigenvalue weighted by molar-refractivity contribution is 5.77. The predicted molar refractivity (Wildman–Crippen MR) is 100 cm³/mol. The van der Waals surface area contributed by atoms with Gasteiger partial charge in [-0.3, -0.25) is 14.2 Å². The van der Waals surface area contributed by atoms with Crippen LogP contribution in [0.15, 0.2) is 29.1 Å². The molecule has 138 valence electrons. The number of carbonyl (C=O) groups excluding carboxylic acids is 1. The molecule has 2 aromatic rings. The molecule has 0 unspecified atom stereocenters. The van der Waals surface area contributed by atoms with Crippen LogP contribution in [0, 0.1) is 5.92 Å². The topological polar surface area (TPSA) is 61.2 Å². The average Bonchev–Trinajstić information content (AvgIpc) is 3.50. The third kappa shape index (κ3) is 3.81. The molecule has 2 aliphatic carbocycles. The molecule has 26 heavy (non-hydrogen) atoms. The minimum atomic E-state index is -0.180. The number of para-hydroxylation sites is 1. The number of hydrogen-bond donors (Lipinski definition) is 0. The number of hydrogen-bond acceptors (Lipinski definition) is 4. The molecule has 1 aromatic carbocycles. The smallest absolute Gasteiger partial charge is 0.306 e. The van der Waals surface area contributed by atoms with E-state index < -0.39 is 0 Å². The largest absolute Gasteiger partial charge is 0.465 e. The fourth-order valence-corrected chi connectivity index (χ4v) is 3.93. The van der Waals surface area contributed by atoms with Crippen molar-refractivity contribution in [3.63, 3.8) is 0 Å². The maximum atomic E-state index is 12.8. The van der Waals surface area contributed by atoms with Crippen LogP contribution in [0.25, 0.3) is 10.9 Å². The molecule has 0 aliphatic heterocycles. The molecule has 5 nitrogen and oxygen atoms in total. The number of fused-ring (bicyclic) bond motifs is 1. The molecule has 0 atom stereocenters. The van der Waals surface area contributed by atoms with Gasteiger partial charge in [-0.2, -0.15) is 0 Å². The molecule has 1 heterocycles. The Bertz CT molecular complexity index is 848. The number of carbonyl (C=O) groups is 1. The van der Waals surface area contributed by atoms with Crippen LogP contribution in [0.1, 0.15) is 63.2 Å². The summed E-state index contributed by atoms with van der Waals surface area (Å²) in [5.74, 6) is 1.06. The summed E-state index contributed by atoms with van der Waals surface area (Å²) in [5, 5.41) is 0.656. The van der Waals surface area contributed by atoms with E-state index in [9.17, 15) is 9.59 Å². The molecular formula is C21H26N2O3. The van der Waals surface area contributed by atoms with Gasteiger partial charge in [0, 0.05) is 12.5 Å². The second kappa shape index (κ2) is 7.60. The lowest BCUT2D eigenvalue weighted by Gasteiger charge is -2.21. The van der Waals surface area contributed by atoms with Gasteiger partial charge in [0.1, 0.15) is 5.82 Å². The average molecular weight is 354 g/mol. The van der Waals surface area contributed by atoms with Crippen LogP contribution in [-0.2, 0) is 16.0 Å². The highest BCUT2D eigenvalue weighted by Crippen LogP contribution is 2.35. The lowest BCUT2D eigenvalue weighted by Crippen LogP contribution is -2.25. The molecule has 0 radical (unpaired) electrons. The molecule has 0 amide bonds. The number of ether oxygens (including phenoxy) is 1. The summed E-state index contributed by atoms with van der Waals surface area (Å²) >= 11 is 0.